The molecule has 3 atom stereocenters. The Morgan fingerprint density at radius 3 is 2.58 bits per heavy atom. The lowest BCUT2D eigenvalue weighted by Gasteiger charge is -2.29. The summed E-state index contributed by atoms with van der Waals surface area (Å²) in [4.78, 5) is 9.69. The lowest BCUT2D eigenvalue weighted by Crippen LogP contribution is -2.43. The van der Waals surface area contributed by atoms with Gasteiger partial charge in [0.1, 0.15) is 0 Å². The van der Waals surface area contributed by atoms with Crippen molar-refractivity contribution in [3.05, 3.63) is 0 Å². The van der Waals surface area contributed by atoms with E-state index in [2.05, 4.69) is 20.1 Å². The SMILES string of the molecule is CN=C(NC1CC1C1CCCCC1)N1CCC(CN2CCOCC2)C1.I. The van der Waals surface area contributed by atoms with Gasteiger partial charge >= 0.3 is 0 Å². The van der Waals surface area contributed by atoms with Crippen LogP contribution in [0.3, 0.4) is 0 Å². The van der Waals surface area contributed by atoms with Gasteiger partial charge in [0.05, 0.1) is 13.2 Å². The van der Waals surface area contributed by atoms with Gasteiger partial charge in [-0.1, -0.05) is 32.1 Å². The number of halogens is 1. The zero-order valence-electron chi connectivity index (χ0n) is 16.4. The molecule has 5 nitrogen and oxygen atoms in total. The fourth-order valence-electron chi connectivity index (χ4n) is 5.25. The first-order valence-corrected chi connectivity index (χ1v) is 10.6. The van der Waals surface area contributed by atoms with E-state index in [1.54, 1.807) is 0 Å². The molecule has 0 aromatic heterocycles. The highest BCUT2D eigenvalue weighted by Gasteiger charge is 2.44. The number of nitrogens with one attached hydrogen (secondary N) is 1. The average molecular weight is 476 g/mol. The van der Waals surface area contributed by atoms with Crippen molar-refractivity contribution in [2.45, 2.75) is 51.0 Å². The number of aliphatic imine (C=N–C) groups is 1. The van der Waals surface area contributed by atoms with Crippen LogP contribution in [-0.2, 0) is 4.74 Å². The Hall–Kier alpha value is -0.0800. The fraction of sp³-hybridized carbons (Fsp3) is 0.950. The predicted molar refractivity (Wildman–Crippen MR) is 117 cm³/mol. The number of nitrogens with zero attached hydrogens (tertiary/aromatic N) is 3. The average Bonchev–Trinajstić information content (AvgIpc) is 3.30. The minimum absolute atomic E-state index is 0. The summed E-state index contributed by atoms with van der Waals surface area (Å²) in [6, 6.07) is 0.695. The van der Waals surface area contributed by atoms with Crippen molar-refractivity contribution in [3.8, 4) is 0 Å². The molecule has 2 heterocycles. The van der Waals surface area contributed by atoms with Crippen LogP contribution in [0.25, 0.3) is 0 Å². The molecule has 4 fully saturated rings. The van der Waals surface area contributed by atoms with Gasteiger partial charge in [-0.2, -0.15) is 0 Å². The van der Waals surface area contributed by atoms with Gasteiger partial charge in [0.15, 0.2) is 5.96 Å². The first-order valence-electron chi connectivity index (χ1n) is 10.6. The molecular formula is C20H37IN4O. The van der Waals surface area contributed by atoms with Gasteiger partial charge < -0.3 is 15.0 Å². The van der Waals surface area contributed by atoms with E-state index in [0.29, 0.717) is 6.04 Å². The number of hydrogen-bond acceptors (Lipinski definition) is 3. The van der Waals surface area contributed by atoms with Crippen LogP contribution in [0.2, 0.25) is 0 Å². The van der Waals surface area contributed by atoms with Crippen LogP contribution < -0.4 is 5.32 Å². The lowest BCUT2D eigenvalue weighted by molar-refractivity contribution is 0.0315. The van der Waals surface area contributed by atoms with Crippen LogP contribution in [0.4, 0.5) is 0 Å². The number of ether oxygens (including phenoxy) is 1. The molecule has 0 radical (unpaired) electrons. The van der Waals surface area contributed by atoms with E-state index >= 15 is 0 Å². The van der Waals surface area contributed by atoms with Crippen molar-refractivity contribution >= 4 is 29.9 Å². The number of morpholine rings is 1. The number of guanidine groups is 1. The molecule has 150 valence electrons. The first kappa shape index (κ1) is 20.6. The van der Waals surface area contributed by atoms with E-state index in [1.165, 1.54) is 51.5 Å². The molecule has 4 rings (SSSR count). The summed E-state index contributed by atoms with van der Waals surface area (Å²) in [5.41, 5.74) is 0. The normalized spacial score (nSPS) is 33.8. The molecule has 0 spiro atoms. The van der Waals surface area contributed by atoms with Gasteiger partial charge in [-0.25, -0.2) is 0 Å². The molecule has 2 saturated carbocycles. The van der Waals surface area contributed by atoms with Gasteiger partial charge in [-0.05, 0) is 30.6 Å². The van der Waals surface area contributed by atoms with Crippen molar-refractivity contribution in [2.75, 3.05) is 53.0 Å². The predicted octanol–water partition coefficient (Wildman–Crippen LogP) is 2.80. The molecule has 0 amide bonds. The summed E-state index contributed by atoms with van der Waals surface area (Å²) in [5, 5.41) is 3.80. The summed E-state index contributed by atoms with van der Waals surface area (Å²) in [6.45, 7) is 7.58. The molecule has 0 aromatic rings. The van der Waals surface area contributed by atoms with E-state index in [1.807, 2.05) is 7.05 Å². The molecule has 3 unspecified atom stereocenters. The van der Waals surface area contributed by atoms with E-state index < -0.39 is 0 Å². The monoisotopic (exact) mass is 476 g/mol. The molecule has 2 saturated heterocycles. The molecule has 4 aliphatic rings. The van der Waals surface area contributed by atoms with Gasteiger partial charge in [-0.15, -0.1) is 24.0 Å². The van der Waals surface area contributed by atoms with Crippen molar-refractivity contribution in [1.82, 2.24) is 15.1 Å². The second-order valence-electron chi connectivity index (χ2n) is 8.61. The second-order valence-corrected chi connectivity index (χ2v) is 8.61. The summed E-state index contributed by atoms with van der Waals surface area (Å²) in [6.07, 6.45) is 9.97. The van der Waals surface area contributed by atoms with E-state index in [0.717, 1.165) is 63.1 Å². The fourth-order valence-corrected chi connectivity index (χ4v) is 5.25. The van der Waals surface area contributed by atoms with Crippen molar-refractivity contribution in [2.24, 2.45) is 22.7 Å². The Kier molecular flexibility index (Phi) is 7.88. The van der Waals surface area contributed by atoms with Crippen molar-refractivity contribution in [1.29, 1.82) is 0 Å². The van der Waals surface area contributed by atoms with Gasteiger partial charge in [-0.3, -0.25) is 9.89 Å². The second kappa shape index (κ2) is 9.92. The molecule has 2 aliphatic heterocycles. The largest absolute Gasteiger partial charge is 0.379 e. The third kappa shape index (κ3) is 5.25. The van der Waals surface area contributed by atoms with Gasteiger partial charge in [0.25, 0.3) is 0 Å². The van der Waals surface area contributed by atoms with Crippen LogP contribution in [0.5, 0.6) is 0 Å². The van der Waals surface area contributed by atoms with Crippen LogP contribution >= 0.6 is 24.0 Å². The maximum Gasteiger partial charge on any atom is 0.193 e. The maximum absolute atomic E-state index is 5.47. The molecule has 0 aromatic carbocycles. The summed E-state index contributed by atoms with van der Waals surface area (Å²) < 4.78 is 5.47. The smallest absolute Gasteiger partial charge is 0.193 e. The summed E-state index contributed by atoms with van der Waals surface area (Å²) in [5.74, 6) is 3.85. The highest BCUT2D eigenvalue weighted by Crippen LogP contribution is 2.44. The minimum Gasteiger partial charge on any atom is -0.379 e. The highest BCUT2D eigenvalue weighted by molar-refractivity contribution is 14.0. The third-order valence-electron chi connectivity index (χ3n) is 6.83. The first-order chi connectivity index (χ1) is 12.3. The van der Waals surface area contributed by atoms with Gasteiger partial charge in [0, 0.05) is 45.8 Å². The standard InChI is InChI=1S/C20H36N4O.HI/c1-21-20(22-19-13-18(19)17-5-3-2-4-6-17)24-8-7-16(15-24)14-23-9-11-25-12-10-23;/h16-19H,2-15H2,1H3,(H,21,22);1H. The van der Waals surface area contributed by atoms with Crippen LogP contribution in [0.1, 0.15) is 44.9 Å². The Balaban J connectivity index is 0.00000196. The Morgan fingerprint density at radius 1 is 1.08 bits per heavy atom. The zero-order valence-corrected chi connectivity index (χ0v) is 18.7. The molecule has 2 aliphatic carbocycles. The van der Waals surface area contributed by atoms with Crippen LogP contribution in [0.15, 0.2) is 4.99 Å². The Labute approximate surface area is 176 Å². The van der Waals surface area contributed by atoms with Gasteiger partial charge in [0.2, 0.25) is 0 Å². The van der Waals surface area contributed by atoms with Crippen LogP contribution in [-0.4, -0.2) is 74.8 Å². The third-order valence-corrected chi connectivity index (χ3v) is 6.83. The number of rotatable bonds is 4. The topological polar surface area (TPSA) is 40.1 Å². The van der Waals surface area contributed by atoms with Crippen LogP contribution in [0, 0.1) is 17.8 Å². The number of likely N-dealkylation sites (tertiary alicyclic amines) is 1. The zero-order chi connectivity index (χ0) is 17.1. The summed E-state index contributed by atoms with van der Waals surface area (Å²) >= 11 is 0. The molecule has 1 N–H and O–H groups in total. The van der Waals surface area contributed by atoms with Crippen molar-refractivity contribution < 1.29 is 4.74 Å². The Bertz CT molecular complexity index is 463. The lowest BCUT2D eigenvalue weighted by atomic mass is 9.85. The van der Waals surface area contributed by atoms with E-state index in [-0.39, 0.29) is 24.0 Å². The van der Waals surface area contributed by atoms with E-state index in [9.17, 15) is 0 Å². The Morgan fingerprint density at radius 2 is 1.85 bits per heavy atom. The number of hydrogen-bond donors (Lipinski definition) is 1. The highest BCUT2D eigenvalue weighted by atomic mass is 127. The van der Waals surface area contributed by atoms with Crippen molar-refractivity contribution in [3.63, 3.8) is 0 Å². The quantitative estimate of drug-likeness (QED) is 0.385. The molecule has 26 heavy (non-hydrogen) atoms. The minimum atomic E-state index is 0. The maximum atomic E-state index is 5.47. The summed E-state index contributed by atoms with van der Waals surface area (Å²) in [7, 11) is 1.95. The van der Waals surface area contributed by atoms with E-state index in [4.69, 9.17) is 4.74 Å². The molecular weight excluding hydrogens is 439 g/mol. The molecule has 6 heteroatoms. The molecule has 0 bridgehead atoms.